The van der Waals surface area contributed by atoms with Crippen molar-refractivity contribution in [3.63, 3.8) is 0 Å². The van der Waals surface area contributed by atoms with Gasteiger partial charge in [0.15, 0.2) is 0 Å². The van der Waals surface area contributed by atoms with Crippen LogP contribution in [-0.4, -0.2) is 13.3 Å². The topological polar surface area (TPSA) is 12.4 Å². The van der Waals surface area contributed by atoms with E-state index < -0.39 is 0 Å². The zero-order valence-electron chi connectivity index (χ0n) is 4.94. The molecule has 0 aliphatic heterocycles. The van der Waals surface area contributed by atoms with Crippen LogP contribution in [0.25, 0.3) is 0 Å². The van der Waals surface area contributed by atoms with Crippen molar-refractivity contribution in [1.29, 1.82) is 0 Å². The molecule has 1 nitrogen and oxygen atoms in total. The molecule has 0 rings (SSSR count). The summed E-state index contributed by atoms with van der Waals surface area (Å²) in [6.45, 7) is 8.17. The first-order chi connectivity index (χ1) is 3.31. The molecule has 0 saturated heterocycles. The average Bonchev–Trinajstić information content (AvgIpc) is 1.68. The van der Waals surface area contributed by atoms with E-state index in [0.717, 1.165) is 6.54 Å². The van der Waals surface area contributed by atoms with Gasteiger partial charge in [0, 0.05) is 0 Å². The van der Waals surface area contributed by atoms with Gasteiger partial charge >= 0.3 is 0 Å². The minimum absolute atomic E-state index is 0.774. The quantitative estimate of drug-likeness (QED) is 0.367. The van der Waals surface area contributed by atoms with E-state index in [9.17, 15) is 0 Å². The molecule has 7 heavy (non-hydrogen) atoms. The Morgan fingerprint density at radius 3 is 2.57 bits per heavy atom. The van der Waals surface area contributed by atoms with Crippen molar-refractivity contribution < 1.29 is 0 Å². The van der Waals surface area contributed by atoms with Crippen LogP contribution in [0.2, 0.25) is 0 Å². The minimum atomic E-state index is 0.774. The summed E-state index contributed by atoms with van der Waals surface area (Å²) >= 11 is 0. The Labute approximate surface area is 44.8 Å². The zero-order valence-corrected chi connectivity index (χ0v) is 4.94. The Balaban J connectivity index is 3.36. The molecule has 0 aliphatic rings. The van der Waals surface area contributed by atoms with Crippen LogP contribution in [0.3, 0.4) is 0 Å². The molecule has 40 valence electrons. The van der Waals surface area contributed by atoms with Gasteiger partial charge in [-0.3, -0.25) is 4.99 Å². The van der Waals surface area contributed by atoms with Gasteiger partial charge in [-0.2, -0.15) is 0 Å². The predicted molar refractivity (Wildman–Crippen MR) is 33.8 cm³/mol. The molecule has 0 aromatic rings. The maximum Gasteiger partial charge on any atom is 0.0589 e. The van der Waals surface area contributed by atoms with E-state index in [2.05, 4.69) is 11.7 Å². The Morgan fingerprint density at radius 2 is 2.43 bits per heavy atom. The monoisotopic (exact) mass is 97.1 g/mol. The van der Waals surface area contributed by atoms with E-state index in [0.29, 0.717) is 0 Å². The van der Waals surface area contributed by atoms with Gasteiger partial charge in [-0.05, 0) is 20.6 Å². The molecule has 0 aliphatic carbocycles. The largest absolute Gasteiger partial charge is 0.297 e. The van der Waals surface area contributed by atoms with Gasteiger partial charge in [-0.25, -0.2) is 0 Å². The fraction of sp³-hybridized carbons (Fsp3) is 0.500. The number of hydrogen-bond acceptors (Lipinski definition) is 1. The van der Waals surface area contributed by atoms with Crippen molar-refractivity contribution in [3.05, 3.63) is 11.6 Å². The summed E-state index contributed by atoms with van der Waals surface area (Å²) in [4.78, 5) is 3.69. The highest BCUT2D eigenvalue weighted by Crippen LogP contribution is 1.88. The smallest absolute Gasteiger partial charge is 0.0589 e. The van der Waals surface area contributed by atoms with E-state index in [4.69, 9.17) is 0 Å². The molecule has 0 aromatic carbocycles. The summed E-state index contributed by atoms with van der Waals surface area (Å²) in [6, 6.07) is 0. The lowest BCUT2D eigenvalue weighted by Crippen LogP contribution is -1.77. The van der Waals surface area contributed by atoms with Gasteiger partial charge in [0.1, 0.15) is 0 Å². The van der Waals surface area contributed by atoms with Crippen LogP contribution >= 0.6 is 0 Å². The average molecular weight is 97.2 g/mol. The van der Waals surface area contributed by atoms with E-state index in [1.54, 1.807) is 0 Å². The minimum Gasteiger partial charge on any atom is -0.297 e. The van der Waals surface area contributed by atoms with Crippen molar-refractivity contribution in [2.24, 2.45) is 4.99 Å². The highest BCUT2D eigenvalue weighted by molar-refractivity contribution is 5.24. The normalized spacial score (nSPS) is 11.4. The number of rotatable bonds is 2. The van der Waals surface area contributed by atoms with Crippen molar-refractivity contribution in [2.45, 2.75) is 13.8 Å². The number of nitrogens with zero attached hydrogens (tertiary/aromatic N) is 1. The van der Waals surface area contributed by atoms with Crippen LogP contribution in [0, 0.1) is 0 Å². The summed E-state index contributed by atoms with van der Waals surface area (Å²) in [5.74, 6) is 0. The summed E-state index contributed by atoms with van der Waals surface area (Å²) in [5.41, 5.74) is 1.27. The molecule has 0 bridgehead atoms. The first kappa shape index (κ1) is 6.41. The standard InChI is InChI=1S/C6H11N/c1-4-6(2)5-7-3/h4H,3,5H2,1-2H3/b6-4+. The first-order valence-corrected chi connectivity index (χ1v) is 2.35. The maximum absolute atomic E-state index is 3.69. The van der Waals surface area contributed by atoms with Gasteiger partial charge < -0.3 is 0 Å². The molecule has 0 spiro atoms. The van der Waals surface area contributed by atoms with E-state index in [1.165, 1.54) is 5.57 Å². The van der Waals surface area contributed by atoms with E-state index >= 15 is 0 Å². The van der Waals surface area contributed by atoms with Crippen molar-refractivity contribution >= 4 is 6.72 Å². The summed E-state index contributed by atoms with van der Waals surface area (Å²) in [6.07, 6.45) is 2.04. The van der Waals surface area contributed by atoms with Crippen molar-refractivity contribution in [3.8, 4) is 0 Å². The Hall–Kier alpha value is -0.590. The second-order valence-electron chi connectivity index (χ2n) is 1.52. The van der Waals surface area contributed by atoms with Gasteiger partial charge in [-0.15, -0.1) is 0 Å². The second-order valence-corrected chi connectivity index (χ2v) is 1.52. The molecule has 0 N–H and O–H groups in total. The highest BCUT2D eigenvalue weighted by atomic mass is 14.7. The van der Waals surface area contributed by atoms with E-state index in [1.807, 2.05) is 19.9 Å². The first-order valence-electron chi connectivity index (χ1n) is 2.35. The lowest BCUT2D eigenvalue weighted by molar-refractivity contribution is 1.14. The number of hydrogen-bond donors (Lipinski definition) is 0. The van der Waals surface area contributed by atoms with Gasteiger partial charge in [0.25, 0.3) is 0 Å². The van der Waals surface area contributed by atoms with Crippen LogP contribution in [0.4, 0.5) is 0 Å². The lowest BCUT2D eigenvalue weighted by atomic mass is 10.3. The van der Waals surface area contributed by atoms with Crippen LogP contribution < -0.4 is 0 Å². The third-order valence-corrected chi connectivity index (χ3v) is 0.854. The fourth-order valence-electron chi connectivity index (χ4n) is 0.268. The molecule has 0 amide bonds. The van der Waals surface area contributed by atoms with Crippen LogP contribution in [0.15, 0.2) is 16.6 Å². The molecular formula is C6H11N. The summed E-state index contributed by atoms with van der Waals surface area (Å²) in [7, 11) is 0. The molecule has 0 atom stereocenters. The van der Waals surface area contributed by atoms with Gasteiger partial charge in [-0.1, -0.05) is 11.6 Å². The maximum atomic E-state index is 3.69. The lowest BCUT2D eigenvalue weighted by Gasteiger charge is -1.87. The third-order valence-electron chi connectivity index (χ3n) is 0.854. The van der Waals surface area contributed by atoms with Crippen LogP contribution in [0.1, 0.15) is 13.8 Å². The predicted octanol–water partition coefficient (Wildman–Crippen LogP) is 1.65. The number of allylic oxidation sites excluding steroid dienone is 1. The van der Waals surface area contributed by atoms with Gasteiger partial charge in [0.2, 0.25) is 0 Å². The molecule has 1 heteroatoms. The molecular weight excluding hydrogens is 86.1 g/mol. The Bertz CT molecular complexity index is 82.2. The van der Waals surface area contributed by atoms with Crippen molar-refractivity contribution in [2.75, 3.05) is 6.54 Å². The summed E-state index contributed by atoms with van der Waals surface area (Å²) < 4.78 is 0. The molecule has 0 unspecified atom stereocenters. The second kappa shape index (κ2) is 3.59. The van der Waals surface area contributed by atoms with Crippen molar-refractivity contribution in [1.82, 2.24) is 0 Å². The fourth-order valence-corrected chi connectivity index (χ4v) is 0.268. The SMILES string of the molecule is C=NC/C(C)=C/C. The zero-order chi connectivity index (χ0) is 5.70. The molecule has 0 heterocycles. The van der Waals surface area contributed by atoms with Crippen LogP contribution in [0.5, 0.6) is 0 Å². The highest BCUT2D eigenvalue weighted by Gasteiger charge is 1.76. The van der Waals surface area contributed by atoms with Gasteiger partial charge in [0.05, 0.1) is 6.54 Å². The Morgan fingerprint density at radius 1 is 1.86 bits per heavy atom. The molecule has 0 radical (unpaired) electrons. The van der Waals surface area contributed by atoms with E-state index in [-0.39, 0.29) is 0 Å². The molecule has 0 aromatic heterocycles. The Kier molecular flexibility index (Phi) is 3.29. The third kappa shape index (κ3) is 3.23. The molecule has 0 saturated carbocycles. The molecule has 0 fully saturated rings. The number of aliphatic imine (C=N–C) groups is 1. The summed E-state index contributed by atoms with van der Waals surface area (Å²) in [5, 5.41) is 0. The van der Waals surface area contributed by atoms with Crippen LogP contribution in [-0.2, 0) is 0 Å².